The van der Waals surface area contributed by atoms with Crippen LogP contribution in [0.2, 0.25) is 0 Å². The third-order valence-corrected chi connectivity index (χ3v) is 5.80. The molecule has 9 heteroatoms. The number of likely N-dealkylation sites (N-methyl/N-ethyl adjacent to an activating group) is 1. The third-order valence-electron chi connectivity index (χ3n) is 4.76. The van der Waals surface area contributed by atoms with Crippen LogP contribution in [0.25, 0.3) is 10.2 Å². The number of carbonyl (C=O) groups excluding carboxylic acids is 1. The van der Waals surface area contributed by atoms with E-state index in [1.165, 1.54) is 11.3 Å². The van der Waals surface area contributed by atoms with E-state index in [1.807, 2.05) is 57.1 Å². The molecule has 0 atom stereocenters. The number of fused-ring (bicyclic) bond motifs is 2. The molecule has 2 heterocycles. The first-order valence-corrected chi connectivity index (χ1v) is 11.2. The second-order valence-corrected chi connectivity index (χ2v) is 8.92. The number of hydrogen-bond donors (Lipinski definition) is 0. The molecule has 7 nitrogen and oxygen atoms in total. The van der Waals surface area contributed by atoms with Crippen molar-refractivity contribution in [2.75, 3.05) is 45.3 Å². The average Bonchev–Trinajstić information content (AvgIpc) is 3.14. The van der Waals surface area contributed by atoms with Crippen LogP contribution in [0.15, 0.2) is 36.4 Å². The van der Waals surface area contributed by atoms with Crippen LogP contribution in [0.3, 0.4) is 0 Å². The summed E-state index contributed by atoms with van der Waals surface area (Å²) in [5, 5.41) is 0.659. The SMILES string of the molecule is CC(C)Oc1ccc(C(=O)N(CCN(C)C)c2nc3cc4c(cc3s2)OCCO4)cc1.Cl. The van der Waals surface area contributed by atoms with E-state index in [1.54, 1.807) is 17.0 Å². The predicted octanol–water partition coefficient (Wildman–Crippen LogP) is 4.48. The molecule has 0 fully saturated rings. The number of thiazole rings is 1. The topological polar surface area (TPSA) is 64.1 Å². The third kappa shape index (κ3) is 5.43. The minimum atomic E-state index is -0.0886. The number of rotatable bonds is 7. The fourth-order valence-corrected chi connectivity index (χ4v) is 4.26. The van der Waals surface area contributed by atoms with E-state index in [0.717, 1.165) is 28.3 Å². The van der Waals surface area contributed by atoms with Gasteiger partial charge in [-0.2, -0.15) is 0 Å². The van der Waals surface area contributed by atoms with E-state index in [4.69, 9.17) is 19.2 Å². The van der Waals surface area contributed by atoms with Crippen molar-refractivity contribution in [3.63, 3.8) is 0 Å². The first-order valence-electron chi connectivity index (χ1n) is 10.3. The van der Waals surface area contributed by atoms with Gasteiger partial charge in [0, 0.05) is 30.8 Å². The summed E-state index contributed by atoms with van der Waals surface area (Å²) in [6.07, 6.45) is 0.0830. The number of nitrogens with zero attached hydrogens (tertiary/aromatic N) is 3. The van der Waals surface area contributed by atoms with Crippen LogP contribution in [0.1, 0.15) is 24.2 Å². The number of halogens is 1. The number of amides is 1. The molecule has 4 rings (SSSR count). The van der Waals surface area contributed by atoms with E-state index >= 15 is 0 Å². The molecule has 1 amide bonds. The monoisotopic (exact) mass is 477 g/mol. The van der Waals surface area contributed by atoms with Crippen molar-refractivity contribution in [3.8, 4) is 17.2 Å². The number of aromatic nitrogens is 1. The van der Waals surface area contributed by atoms with Crippen LogP contribution in [-0.4, -0.2) is 62.3 Å². The zero-order valence-corrected chi connectivity index (χ0v) is 20.3. The fourth-order valence-electron chi connectivity index (χ4n) is 3.26. The van der Waals surface area contributed by atoms with Crippen molar-refractivity contribution in [3.05, 3.63) is 42.0 Å². The summed E-state index contributed by atoms with van der Waals surface area (Å²) < 4.78 is 18.0. The fraction of sp³-hybridized carbons (Fsp3) is 0.391. The molecule has 0 radical (unpaired) electrons. The van der Waals surface area contributed by atoms with Crippen LogP contribution in [0.4, 0.5) is 5.13 Å². The summed E-state index contributed by atoms with van der Waals surface area (Å²) in [6.45, 7) is 6.27. The van der Waals surface area contributed by atoms with Crippen molar-refractivity contribution >= 4 is 45.0 Å². The zero-order valence-electron chi connectivity index (χ0n) is 18.7. The molecule has 32 heavy (non-hydrogen) atoms. The molecule has 3 aromatic rings. The number of hydrogen-bond acceptors (Lipinski definition) is 7. The molecule has 0 bridgehead atoms. The van der Waals surface area contributed by atoms with Crippen LogP contribution < -0.4 is 19.1 Å². The Kier molecular flexibility index (Phi) is 7.82. The maximum Gasteiger partial charge on any atom is 0.260 e. The van der Waals surface area contributed by atoms with Crippen molar-refractivity contribution in [1.82, 2.24) is 9.88 Å². The lowest BCUT2D eigenvalue weighted by atomic mass is 10.2. The van der Waals surface area contributed by atoms with E-state index < -0.39 is 0 Å². The second-order valence-electron chi connectivity index (χ2n) is 7.91. The number of carbonyl (C=O) groups is 1. The largest absolute Gasteiger partial charge is 0.491 e. The van der Waals surface area contributed by atoms with Gasteiger partial charge in [-0.25, -0.2) is 4.98 Å². The highest BCUT2D eigenvalue weighted by Gasteiger charge is 2.23. The van der Waals surface area contributed by atoms with Crippen molar-refractivity contribution in [1.29, 1.82) is 0 Å². The molecular weight excluding hydrogens is 450 g/mol. The molecule has 0 aliphatic carbocycles. The van der Waals surface area contributed by atoms with Gasteiger partial charge in [-0.05, 0) is 52.2 Å². The quantitative estimate of drug-likeness (QED) is 0.499. The van der Waals surface area contributed by atoms with Gasteiger partial charge in [0.1, 0.15) is 19.0 Å². The maximum absolute atomic E-state index is 13.4. The molecule has 0 spiro atoms. The van der Waals surface area contributed by atoms with Crippen molar-refractivity contribution in [2.24, 2.45) is 0 Å². The Labute approximate surface area is 198 Å². The van der Waals surface area contributed by atoms with Gasteiger partial charge in [0.05, 0.1) is 16.3 Å². The molecular formula is C23H28ClN3O4S. The highest BCUT2D eigenvalue weighted by Crippen LogP contribution is 2.39. The summed E-state index contributed by atoms with van der Waals surface area (Å²) in [6, 6.07) is 11.1. The zero-order chi connectivity index (χ0) is 22.0. The summed E-state index contributed by atoms with van der Waals surface area (Å²) in [5.41, 5.74) is 1.40. The van der Waals surface area contributed by atoms with Crippen LogP contribution >= 0.6 is 23.7 Å². The van der Waals surface area contributed by atoms with Gasteiger partial charge >= 0.3 is 0 Å². The Bertz CT molecular complexity index is 1030. The lowest BCUT2D eigenvalue weighted by Crippen LogP contribution is -2.36. The number of benzene rings is 2. The summed E-state index contributed by atoms with van der Waals surface area (Å²) in [4.78, 5) is 21.9. The number of anilines is 1. The molecule has 0 unspecified atom stereocenters. The molecule has 1 aliphatic heterocycles. The minimum Gasteiger partial charge on any atom is -0.491 e. The highest BCUT2D eigenvalue weighted by atomic mass is 35.5. The molecule has 0 saturated carbocycles. The van der Waals surface area contributed by atoms with E-state index in [9.17, 15) is 4.79 Å². The van der Waals surface area contributed by atoms with E-state index in [0.29, 0.717) is 36.2 Å². The molecule has 0 N–H and O–H groups in total. The predicted molar refractivity (Wildman–Crippen MR) is 130 cm³/mol. The Morgan fingerprint density at radius 2 is 1.75 bits per heavy atom. The van der Waals surface area contributed by atoms with Gasteiger partial charge in [0.15, 0.2) is 16.6 Å². The molecule has 172 valence electrons. The maximum atomic E-state index is 13.4. The Hall–Kier alpha value is -2.55. The van der Waals surface area contributed by atoms with Crippen LogP contribution in [-0.2, 0) is 0 Å². The van der Waals surface area contributed by atoms with Gasteiger partial charge in [-0.15, -0.1) is 12.4 Å². The van der Waals surface area contributed by atoms with Crippen LogP contribution in [0, 0.1) is 0 Å². The lowest BCUT2D eigenvalue weighted by molar-refractivity contribution is 0.0985. The standard InChI is InChI=1S/C23H27N3O4S.ClH/c1-15(2)30-17-7-5-16(6-8-17)22(27)26(10-9-25(3)4)23-24-18-13-19-20(14-21(18)31-23)29-12-11-28-19;/h5-8,13-15H,9-12H2,1-4H3;1H. The van der Waals surface area contributed by atoms with E-state index in [-0.39, 0.29) is 24.4 Å². The summed E-state index contributed by atoms with van der Waals surface area (Å²) in [5.74, 6) is 2.08. The normalized spacial score (nSPS) is 12.7. The summed E-state index contributed by atoms with van der Waals surface area (Å²) >= 11 is 1.48. The second kappa shape index (κ2) is 10.4. The van der Waals surface area contributed by atoms with Gasteiger partial charge < -0.3 is 19.1 Å². The first kappa shape index (κ1) is 24.1. The molecule has 2 aromatic carbocycles. The average molecular weight is 478 g/mol. The molecule has 1 aliphatic rings. The molecule has 1 aromatic heterocycles. The van der Waals surface area contributed by atoms with Crippen molar-refractivity contribution < 1.29 is 19.0 Å². The van der Waals surface area contributed by atoms with E-state index in [2.05, 4.69) is 0 Å². The molecule has 0 saturated heterocycles. The minimum absolute atomic E-state index is 0. The van der Waals surface area contributed by atoms with Crippen LogP contribution in [0.5, 0.6) is 17.2 Å². The number of ether oxygens (including phenoxy) is 3. The highest BCUT2D eigenvalue weighted by molar-refractivity contribution is 7.22. The lowest BCUT2D eigenvalue weighted by Gasteiger charge is -2.22. The first-order chi connectivity index (χ1) is 14.9. The summed E-state index contributed by atoms with van der Waals surface area (Å²) in [7, 11) is 3.98. The Morgan fingerprint density at radius 1 is 1.09 bits per heavy atom. The van der Waals surface area contributed by atoms with Gasteiger partial charge in [0.2, 0.25) is 0 Å². The van der Waals surface area contributed by atoms with Crippen molar-refractivity contribution in [2.45, 2.75) is 20.0 Å². The van der Waals surface area contributed by atoms with Gasteiger partial charge in [-0.1, -0.05) is 11.3 Å². The Balaban J connectivity index is 0.00000289. The van der Waals surface area contributed by atoms with Gasteiger partial charge in [0.25, 0.3) is 5.91 Å². The smallest absolute Gasteiger partial charge is 0.260 e. The van der Waals surface area contributed by atoms with Gasteiger partial charge in [-0.3, -0.25) is 9.69 Å². The Morgan fingerprint density at radius 3 is 2.38 bits per heavy atom.